The van der Waals surface area contributed by atoms with E-state index in [0.29, 0.717) is 0 Å². The van der Waals surface area contributed by atoms with E-state index in [1.165, 1.54) is 6.08 Å². The molecule has 2 aromatic carbocycles. The highest BCUT2D eigenvalue weighted by atomic mass is 35.5. The van der Waals surface area contributed by atoms with E-state index in [2.05, 4.69) is 6.58 Å². The zero-order valence-electron chi connectivity index (χ0n) is 12.0. The molecule has 0 heterocycles. The van der Waals surface area contributed by atoms with Crippen LogP contribution in [0.4, 0.5) is 15.8 Å². The summed E-state index contributed by atoms with van der Waals surface area (Å²) in [5.74, 6) is -1.57. The first-order chi connectivity index (χ1) is 11.3. The molecular weight excluding hydrogens is 337 g/mol. The molecule has 0 aliphatic heterocycles. The monoisotopic (exact) mass is 345 g/mol. The molecule has 0 atom stereocenters. The van der Waals surface area contributed by atoms with Crippen molar-refractivity contribution < 1.29 is 14.1 Å². The first-order valence-corrected chi connectivity index (χ1v) is 6.82. The molecule has 120 valence electrons. The number of benzene rings is 2. The average molecular weight is 346 g/mol. The van der Waals surface area contributed by atoms with Crippen molar-refractivity contribution in [2.24, 2.45) is 0 Å². The first kappa shape index (κ1) is 17.1. The van der Waals surface area contributed by atoms with E-state index in [1.807, 2.05) is 0 Å². The van der Waals surface area contributed by atoms with Gasteiger partial charge in [-0.15, -0.1) is 0 Å². The van der Waals surface area contributed by atoms with Crippen LogP contribution in [0.1, 0.15) is 27.0 Å². The van der Waals surface area contributed by atoms with Gasteiger partial charge in [-0.1, -0.05) is 24.3 Å². The number of carbonyl (C=O) groups excluding carboxylic acids is 1. The molecule has 0 radical (unpaired) electrons. The lowest BCUT2D eigenvalue weighted by molar-refractivity contribution is -0.385. The van der Waals surface area contributed by atoms with Gasteiger partial charge in [0.05, 0.1) is 21.2 Å². The number of rotatable bonds is 4. The van der Waals surface area contributed by atoms with Gasteiger partial charge in [-0.3, -0.25) is 14.9 Å². The number of nitro benzene ring substituents is 1. The molecule has 0 unspecified atom stereocenters. The predicted molar refractivity (Wildman–Crippen MR) is 87.2 cm³/mol. The zero-order valence-corrected chi connectivity index (χ0v) is 12.8. The summed E-state index contributed by atoms with van der Waals surface area (Å²) < 4.78 is 13.1. The fourth-order valence-corrected chi connectivity index (χ4v) is 2.42. The Kier molecular flexibility index (Phi) is 4.62. The number of hydrogen-bond donors (Lipinski definition) is 1. The van der Waals surface area contributed by atoms with Gasteiger partial charge in [0.1, 0.15) is 17.4 Å². The van der Waals surface area contributed by atoms with Crippen LogP contribution in [0.2, 0.25) is 5.02 Å². The maximum Gasteiger partial charge on any atom is 0.282 e. The van der Waals surface area contributed by atoms with Crippen LogP contribution in [0.25, 0.3) is 6.08 Å². The number of nitrogen functional groups attached to an aromatic ring is 1. The third-order valence-electron chi connectivity index (χ3n) is 3.31. The van der Waals surface area contributed by atoms with Crippen LogP contribution in [-0.2, 0) is 0 Å². The van der Waals surface area contributed by atoms with Crippen LogP contribution < -0.4 is 5.73 Å². The quantitative estimate of drug-likeness (QED) is 0.393. The van der Waals surface area contributed by atoms with Gasteiger partial charge in [-0.05, 0) is 18.2 Å². The minimum Gasteiger partial charge on any atom is -0.397 e. The molecule has 2 N–H and O–H groups in total. The summed E-state index contributed by atoms with van der Waals surface area (Å²) in [6.07, 6.45) is 1.24. The fraction of sp³-hybridized carbons (Fsp3) is 0. The Morgan fingerprint density at radius 2 is 2.12 bits per heavy atom. The van der Waals surface area contributed by atoms with Crippen molar-refractivity contribution in [1.82, 2.24) is 0 Å². The number of anilines is 1. The van der Waals surface area contributed by atoms with E-state index >= 15 is 0 Å². The van der Waals surface area contributed by atoms with Crippen LogP contribution in [0, 0.1) is 27.3 Å². The molecule has 0 saturated carbocycles. The number of halogens is 2. The number of carbonyl (C=O) groups is 1. The summed E-state index contributed by atoms with van der Waals surface area (Å²) >= 11 is 5.84. The maximum absolute atomic E-state index is 13.1. The summed E-state index contributed by atoms with van der Waals surface area (Å²) in [5.41, 5.74) is 4.19. The lowest BCUT2D eigenvalue weighted by Gasteiger charge is -2.10. The number of nitrogens with two attached hydrogens (primary N) is 1. The summed E-state index contributed by atoms with van der Waals surface area (Å²) in [6.45, 7) is 3.46. The fourth-order valence-electron chi connectivity index (χ4n) is 2.17. The average Bonchev–Trinajstić information content (AvgIpc) is 2.53. The molecule has 0 amide bonds. The van der Waals surface area contributed by atoms with Crippen molar-refractivity contribution >= 4 is 34.8 Å². The Hall–Kier alpha value is -3.24. The normalized spacial score (nSPS) is 10.0. The summed E-state index contributed by atoms with van der Waals surface area (Å²) in [5, 5.41) is 20.4. The minimum atomic E-state index is -0.898. The van der Waals surface area contributed by atoms with Crippen molar-refractivity contribution in [3.8, 4) is 6.07 Å². The second kappa shape index (κ2) is 6.48. The van der Waals surface area contributed by atoms with Gasteiger partial charge in [0.15, 0.2) is 0 Å². The second-order valence-electron chi connectivity index (χ2n) is 4.67. The van der Waals surface area contributed by atoms with E-state index in [0.717, 1.165) is 24.3 Å². The van der Waals surface area contributed by atoms with E-state index in [9.17, 15) is 24.6 Å². The molecule has 0 bridgehead atoms. The van der Waals surface area contributed by atoms with Gasteiger partial charge in [-0.25, -0.2) is 4.39 Å². The van der Waals surface area contributed by atoms with Gasteiger partial charge in [0.25, 0.3) is 5.69 Å². The Morgan fingerprint density at radius 3 is 2.62 bits per heavy atom. The van der Waals surface area contributed by atoms with Crippen LogP contribution in [0.3, 0.4) is 0 Å². The van der Waals surface area contributed by atoms with Gasteiger partial charge in [0.2, 0.25) is 5.78 Å². The van der Waals surface area contributed by atoms with E-state index in [4.69, 9.17) is 17.3 Å². The molecule has 0 spiro atoms. The lowest BCUT2D eigenvalue weighted by Crippen LogP contribution is -2.12. The van der Waals surface area contributed by atoms with Gasteiger partial charge < -0.3 is 5.73 Å². The molecule has 6 nitrogen and oxygen atoms in total. The third kappa shape index (κ3) is 2.83. The third-order valence-corrected chi connectivity index (χ3v) is 3.62. The van der Waals surface area contributed by atoms with Crippen molar-refractivity contribution in [3.63, 3.8) is 0 Å². The SMILES string of the molecule is C=Cc1cc([N+](=O)[O-])c(C(=O)c2ccc(F)cc2Cl)c(C#N)c1N. The summed E-state index contributed by atoms with van der Waals surface area (Å²) in [6, 6.07) is 5.72. The highest BCUT2D eigenvalue weighted by Gasteiger charge is 2.29. The van der Waals surface area contributed by atoms with Crippen LogP contribution in [0.15, 0.2) is 30.8 Å². The topological polar surface area (TPSA) is 110 Å². The number of nitrogens with zero attached hydrogens (tertiary/aromatic N) is 2. The number of ketones is 1. The molecule has 0 saturated heterocycles. The van der Waals surface area contributed by atoms with Crippen molar-refractivity contribution in [2.75, 3.05) is 5.73 Å². The van der Waals surface area contributed by atoms with Crippen LogP contribution >= 0.6 is 11.6 Å². The Labute approximate surface area is 140 Å². The van der Waals surface area contributed by atoms with Gasteiger partial charge >= 0.3 is 0 Å². The number of nitriles is 1. The van der Waals surface area contributed by atoms with Crippen molar-refractivity contribution in [1.29, 1.82) is 5.26 Å². The molecular formula is C16H9ClFN3O3. The molecule has 8 heteroatoms. The van der Waals surface area contributed by atoms with Crippen LogP contribution in [0.5, 0.6) is 0 Å². The molecule has 0 aliphatic carbocycles. The van der Waals surface area contributed by atoms with Crippen LogP contribution in [-0.4, -0.2) is 10.7 Å². The minimum absolute atomic E-state index is 0.111. The lowest BCUT2D eigenvalue weighted by atomic mass is 9.93. The Bertz CT molecular complexity index is 935. The predicted octanol–water partition coefficient (Wildman–Crippen LogP) is 3.72. The summed E-state index contributed by atoms with van der Waals surface area (Å²) in [4.78, 5) is 23.2. The summed E-state index contributed by atoms with van der Waals surface area (Å²) in [7, 11) is 0. The molecule has 0 fully saturated rings. The molecule has 24 heavy (non-hydrogen) atoms. The first-order valence-electron chi connectivity index (χ1n) is 6.45. The maximum atomic E-state index is 13.1. The van der Waals surface area contributed by atoms with E-state index < -0.39 is 27.8 Å². The highest BCUT2D eigenvalue weighted by Crippen LogP contribution is 2.34. The largest absolute Gasteiger partial charge is 0.397 e. The standard InChI is InChI=1S/C16H9ClFN3O3/c1-2-8-5-13(21(23)24)14(11(7-19)15(8)20)16(22)10-4-3-9(18)6-12(10)17/h2-6H,1,20H2. The highest BCUT2D eigenvalue weighted by molar-refractivity contribution is 6.35. The molecule has 0 aliphatic rings. The Morgan fingerprint density at radius 1 is 1.46 bits per heavy atom. The molecule has 2 rings (SSSR count). The number of hydrogen-bond acceptors (Lipinski definition) is 5. The van der Waals surface area contributed by atoms with E-state index in [1.54, 1.807) is 6.07 Å². The second-order valence-corrected chi connectivity index (χ2v) is 5.08. The van der Waals surface area contributed by atoms with Crippen molar-refractivity contribution in [2.45, 2.75) is 0 Å². The van der Waals surface area contributed by atoms with E-state index in [-0.39, 0.29) is 27.4 Å². The number of nitro groups is 1. The smallest absolute Gasteiger partial charge is 0.282 e. The zero-order chi connectivity index (χ0) is 18.0. The molecule has 0 aromatic heterocycles. The van der Waals surface area contributed by atoms with Gasteiger partial charge in [0, 0.05) is 17.2 Å². The Balaban J connectivity index is 2.84. The van der Waals surface area contributed by atoms with Crippen molar-refractivity contribution in [3.05, 3.63) is 74.1 Å². The molecule has 2 aromatic rings. The van der Waals surface area contributed by atoms with Gasteiger partial charge in [-0.2, -0.15) is 5.26 Å².